The molecule has 0 aliphatic carbocycles. The smallest absolute Gasteiger partial charge is 0.253 e. The zero-order valence-corrected chi connectivity index (χ0v) is 25.3. The Morgan fingerprint density at radius 1 is 1.02 bits per heavy atom. The van der Waals surface area contributed by atoms with Crippen LogP contribution < -0.4 is 25.4 Å². The van der Waals surface area contributed by atoms with E-state index in [1.165, 1.54) is 24.4 Å². The Bertz CT molecular complexity index is 1740. The van der Waals surface area contributed by atoms with Gasteiger partial charge in [-0.25, -0.2) is 13.4 Å². The summed E-state index contributed by atoms with van der Waals surface area (Å²) in [6.45, 7) is 1.99. The van der Waals surface area contributed by atoms with Crippen molar-refractivity contribution in [1.82, 2.24) is 20.2 Å². The number of ether oxygens (including phenoxy) is 1. The Morgan fingerprint density at radius 2 is 1.79 bits per heavy atom. The predicted molar refractivity (Wildman–Crippen MR) is 169 cm³/mol. The van der Waals surface area contributed by atoms with Gasteiger partial charge in [0, 0.05) is 32.7 Å². The molecule has 0 spiro atoms. The van der Waals surface area contributed by atoms with Crippen molar-refractivity contribution in [3.8, 4) is 5.75 Å². The molecule has 11 nitrogen and oxygen atoms in total. The van der Waals surface area contributed by atoms with Gasteiger partial charge in [0.15, 0.2) is 5.82 Å². The van der Waals surface area contributed by atoms with E-state index in [4.69, 9.17) is 16.3 Å². The summed E-state index contributed by atoms with van der Waals surface area (Å²) in [5.41, 5.74) is 4.40. The van der Waals surface area contributed by atoms with E-state index < -0.39 is 10.0 Å². The molecule has 1 aromatic heterocycles. The maximum absolute atomic E-state index is 12.9. The minimum absolute atomic E-state index is 0.0328. The lowest BCUT2D eigenvalue weighted by molar-refractivity contribution is 0.0964. The number of nitrogens with one attached hydrogen (secondary N) is 4. The first-order valence-electron chi connectivity index (χ1n) is 13.6. The van der Waals surface area contributed by atoms with Crippen LogP contribution in [0, 0.1) is 0 Å². The first kappa shape index (κ1) is 30.1. The van der Waals surface area contributed by atoms with Crippen LogP contribution in [-0.2, 0) is 23.0 Å². The number of para-hydroxylation sites is 1. The molecule has 2 heterocycles. The molecule has 5 rings (SSSR count). The van der Waals surface area contributed by atoms with Gasteiger partial charge in [-0.2, -0.15) is 4.98 Å². The summed E-state index contributed by atoms with van der Waals surface area (Å²) in [5, 5.41) is 9.03. The third kappa shape index (κ3) is 7.53. The Balaban J connectivity index is 1.25. The van der Waals surface area contributed by atoms with Gasteiger partial charge >= 0.3 is 0 Å². The number of amides is 1. The van der Waals surface area contributed by atoms with Gasteiger partial charge in [0.1, 0.15) is 10.8 Å². The summed E-state index contributed by atoms with van der Waals surface area (Å²) in [4.78, 5) is 23.1. The lowest BCUT2D eigenvalue weighted by atomic mass is 10.0. The van der Waals surface area contributed by atoms with Crippen molar-refractivity contribution in [3.05, 3.63) is 94.6 Å². The maximum Gasteiger partial charge on any atom is 0.253 e. The monoisotopic (exact) mass is 621 g/mol. The Hall–Kier alpha value is -4.39. The number of halogens is 1. The molecule has 0 atom stereocenters. The number of fused-ring (bicyclic) bond motifs is 1. The van der Waals surface area contributed by atoms with Crippen molar-refractivity contribution in [1.29, 1.82) is 0 Å². The lowest BCUT2D eigenvalue weighted by Gasteiger charge is -2.28. The van der Waals surface area contributed by atoms with Gasteiger partial charge in [-0.3, -0.25) is 14.4 Å². The molecule has 13 heteroatoms. The molecule has 224 valence electrons. The average molecular weight is 622 g/mol. The molecule has 0 unspecified atom stereocenters. The summed E-state index contributed by atoms with van der Waals surface area (Å²) < 4.78 is 34.0. The number of nitrogens with zero attached hydrogens (tertiary/aromatic N) is 3. The number of carbonyl (C=O) groups is 1. The largest absolute Gasteiger partial charge is 0.494 e. The van der Waals surface area contributed by atoms with E-state index in [-0.39, 0.29) is 28.4 Å². The fraction of sp³-hybridized carbons (Fsp3) is 0.233. The van der Waals surface area contributed by atoms with Gasteiger partial charge in [0.05, 0.1) is 41.7 Å². The molecule has 0 fully saturated rings. The van der Waals surface area contributed by atoms with Crippen LogP contribution in [0.25, 0.3) is 0 Å². The summed E-state index contributed by atoms with van der Waals surface area (Å²) in [6.07, 6.45) is 2.34. The van der Waals surface area contributed by atoms with Crippen LogP contribution >= 0.6 is 11.6 Å². The molecule has 0 saturated heterocycles. The second-order valence-corrected chi connectivity index (χ2v) is 12.1. The molecule has 0 bridgehead atoms. The van der Waals surface area contributed by atoms with Gasteiger partial charge < -0.3 is 20.7 Å². The number of hydrogen-bond acceptors (Lipinski definition) is 9. The number of hydrogen-bond donors (Lipinski definition) is 4. The fourth-order valence-corrected chi connectivity index (χ4v) is 6.00. The fourth-order valence-electron chi connectivity index (χ4n) is 4.77. The van der Waals surface area contributed by atoms with E-state index in [1.807, 2.05) is 12.1 Å². The standard InChI is InChI=1S/C30H32ClN7O4S/c1-32-29(39)23-9-5-6-10-25(23)34-28-24(31)18-33-30(36-28)35-26-12-11-22(17-27(26)42-2)37-43(40,41)16-15-38-14-13-20-7-3-4-8-21(20)19-38/h3-12,17-18,37H,13-16,19H2,1-2H3,(H,32,39)(H2,33,34,35,36). The topological polar surface area (TPSA) is 138 Å². The van der Waals surface area contributed by atoms with Crippen molar-refractivity contribution in [2.24, 2.45) is 0 Å². The number of rotatable bonds is 11. The van der Waals surface area contributed by atoms with E-state index in [1.54, 1.807) is 49.5 Å². The Morgan fingerprint density at radius 3 is 2.58 bits per heavy atom. The maximum atomic E-state index is 12.9. The lowest BCUT2D eigenvalue weighted by Crippen LogP contribution is -2.35. The molecular formula is C30H32ClN7O4S. The third-order valence-electron chi connectivity index (χ3n) is 7.00. The number of anilines is 5. The SMILES string of the molecule is CNC(=O)c1ccccc1Nc1nc(Nc2ccc(NS(=O)(=O)CCN3CCc4ccccc4C3)cc2OC)ncc1Cl. The molecule has 3 aromatic carbocycles. The third-order valence-corrected chi connectivity index (χ3v) is 8.55. The number of carbonyl (C=O) groups excluding carboxylic acids is 1. The van der Waals surface area contributed by atoms with E-state index in [2.05, 4.69) is 47.7 Å². The summed E-state index contributed by atoms with van der Waals surface area (Å²) in [5.74, 6) is 0.583. The minimum atomic E-state index is -3.60. The van der Waals surface area contributed by atoms with Crippen molar-refractivity contribution in [2.75, 3.05) is 48.4 Å². The van der Waals surface area contributed by atoms with Crippen LogP contribution in [0.2, 0.25) is 5.02 Å². The van der Waals surface area contributed by atoms with Crippen molar-refractivity contribution < 1.29 is 17.9 Å². The summed E-state index contributed by atoms with van der Waals surface area (Å²) in [6, 6.07) is 20.1. The van der Waals surface area contributed by atoms with E-state index in [9.17, 15) is 13.2 Å². The molecule has 4 aromatic rings. The molecule has 1 amide bonds. The van der Waals surface area contributed by atoms with Crippen molar-refractivity contribution >= 4 is 56.4 Å². The van der Waals surface area contributed by atoms with Gasteiger partial charge in [-0.05, 0) is 41.8 Å². The molecule has 0 saturated carbocycles. The highest BCUT2D eigenvalue weighted by molar-refractivity contribution is 7.92. The highest BCUT2D eigenvalue weighted by Crippen LogP contribution is 2.32. The van der Waals surface area contributed by atoms with Gasteiger partial charge in [0.25, 0.3) is 5.91 Å². The Labute approximate surface area is 255 Å². The highest BCUT2D eigenvalue weighted by Gasteiger charge is 2.20. The first-order chi connectivity index (χ1) is 20.7. The number of methoxy groups -OCH3 is 1. The second-order valence-electron chi connectivity index (χ2n) is 9.90. The highest BCUT2D eigenvalue weighted by atomic mass is 35.5. The van der Waals surface area contributed by atoms with Gasteiger partial charge in [-0.15, -0.1) is 0 Å². The van der Waals surface area contributed by atoms with Crippen LogP contribution in [0.3, 0.4) is 0 Å². The molecule has 4 N–H and O–H groups in total. The van der Waals surface area contributed by atoms with Crippen LogP contribution in [-0.4, -0.2) is 62.2 Å². The normalized spacial score (nSPS) is 13.1. The molecule has 43 heavy (non-hydrogen) atoms. The number of sulfonamides is 1. The van der Waals surface area contributed by atoms with Crippen LogP contribution in [0.5, 0.6) is 5.75 Å². The van der Waals surface area contributed by atoms with E-state index in [0.717, 1.165) is 19.5 Å². The van der Waals surface area contributed by atoms with E-state index >= 15 is 0 Å². The minimum Gasteiger partial charge on any atom is -0.494 e. The average Bonchev–Trinajstić information content (AvgIpc) is 3.02. The summed E-state index contributed by atoms with van der Waals surface area (Å²) >= 11 is 6.34. The number of benzene rings is 3. The quantitative estimate of drug-likeness (QED) is 0.186. The molecule has 1 aliphatic heterocycles. The number of aromatic nitrogens is 2. The van der Waals surface area contributed by atoms with Gasteiger partial charge in [0.2, 0.25) is 16.0 Å². The summed E-state index contributed by atoms with van der Waals surface area (Å²) in [7, 11) is -0.566. The molecule has 1 aliphatic rings. The Kier molecular flexibility index (Phi) is 9.29. The van der Waals surface area contributed by atoms with Crippen molar-refractivity contribution in [3.63, 3.8) is 0 Å². The predicted octanol–water partition coefficient (Wildman–Crippen LogP) is 4.79. The first-order valence-corrected chi connectivity index (χ1v) is 15.6. The van der Waals surface area contributed by atoms with Crippen molar-refractivity contribution in [2.45, 2.75) is 13.0 Å². The molecular weight excluding hydrogens is 590 g/mol. The second kappa shape index (κ2) is 13.3. The van der Waals surface area contributed by atoms with Crippen LogP contribution in [0.15, 0.2) is 72.9 Å². The molecule has 0 radical (unpaired) electrons. The van der Waals surface area contributed by atoms with E-state index in [0.29, 0.717) is 34.9 Å². The zero-order chi connectivity index (χ0) is 30.4. The zero-order valence-electron chi connectivity index (χ0n) is 23.7. The van der Waals surface area contributed by atoms with Crippen LogP contribution in [0.4, 0.5) is 28.8 Å². The van der Waals surface area contributed by atoms with Crippen LogP contribution in [0.1, 0.15) is 21.5 Å². The van der Waals surface area contributed by atoms with Gasteiger partial charge in [-0.1, -0.05) is 48.0 Å².